The zero-order valence-corrected chi connectivity index (χ0v) is 18.9. The minimum absolute atomic E-state index is 0.331. The van der Waals surface area contributed by atoms with Gasteiger partial charge in [0.1, 0.15) is 5.75 Å². The van der Waals surface area contributed by atoms with Crippen LogP contribution < -0.4 is 9.64 Å². The Morgan fingerprint density at radius 1 is 0.871 bits per heavy atom. The van der Waals surface area contributed by atoms with Crippen molar-refractivity contribution in [1.82, 2.24) is 0 Å². The molecule has 2 amide bonds. The third-order valence-corrected chi connectivity index (χ3v) is 6.39. The maximum atomic E-state index is 13.5. The Morgan fingerprint density at radius 3 is 2.16 bits per heavy atom. The highest BCUT2D eigenvalue weighted by Gasteiger charge is 2.41. The van der Waals surface area contributed by atoms with Crippen LogP contribution in [-0.2, 0) is 9.59 Å². The normalized spacial score (nSPS) is 13.9. The van der Waals surface area contributed by atoms with E-state index in [9.17, 15) is 9.59 Å². The van der Waals surface area contributed by atoms with Gasteiger partial charge in [0, 0.05) is 9.92 Å². The molecule has 0 N–H and O–H groups in total. The third-order valence-electron chi connectivity index (χ3n) is 5.05. The molecule has 3 aromatic carbocycles. The summed E-state index contributed by atoms with van der Waals surface area (Å²) >= 11 is 7.27. The summed E-state index contributed by atoms with van der Waals surface area (Å²) < 4.78 is 5.23. The highest BCUT2D eigenvalue weighted by molar-refractivity contribution is 8.04. The number of aryl methyl sites for hydroxylation is 2. The minimum atomic E-state index is -0.335. The minimum Gasteiger partial charge on any atom is -0.497 e. The Hall–Kier alpha value is -3.02. The lowest BCUT2D eigenvalue weighted by Crippen LogP contribution is -2.31. The Labute approximate surface area is 190 Å². The molecule has 1 heterocycles. The highest BCUT2D eigenvalue weighted by atomic mass is 35.5. The summed E-state index contributed by atoms with van der Waals surface area (Å²) in [7, 11) is 1.59. The molecule has 0 radical (unpaired) electrons. The number of amides is 2. The summed E-state index contributed by atoms with van der Waals surface area (Å²) in [4.78, 5) is 29.5. The van der Waals surface area contributed by atoms with Gasteiger partial charge in [-0.25, -0.2) is 4.90 Å². The van der Waals surface area contributed by atoms with Crippen LogP contribution in [0.5, 0.6) is 5.75 Å². The van der Waals surface area contributed by atoms with Gasteiger partial charge in [-0.05, 0) is 67.4 Å². The molecule has 0 aromatic heterocycles. The lowest BCUT2D eigenvalue weighted by atomic mass is 10.1. The molecule has 4 nitrogen and oxygen atoms in total. The van der Waals surface area contributed by atoms with Crippen LogP contribution in [0.25, 0.3) is 5.57 Å². The first-order valence-corrected chi connectivity index (χ1v) is 10.9. The van der Waals surface area contributed by atoms with Crippen LogP contribution in [0.2, 0.25) is 5.02 Å². The average molecular weight is 450 g/mol. The zero-order chi connectivity index (χ0) is 22.1. The molecule has 31 heavy (non-hydrogen) atoms. The van der Waals surface area contributed by atoms with Gasteiger partial charge in [-0.2, -0.15) is 0 Å². The van der Waals surface area contributed by atoms with Crippen molar-refractivity contribution in [2.24, 2.45) is 0 Å². The summed E-state index contributed by atoms with van der Waals surface area (Å²) in [5, 5.41) is 0.611. The summed E-state index contributed by atoms with van der Waals surface area (Å²) in [5.41, 5.74) is 3.58. The Balaban J connectivity index is 1.82. The molecule has 0 spiro atoms. The Bertz CT molecular complexity index is 1200. The molecule has 0 unspecified atom stereocenters. The van der Waals surface area contributed by atoms with E-state index in [1.165, 1.54) is 16.7 Å². The number of ether oxygens (including phenoxy) is 1. The highest BCUT2D eigenvalue weighted by Crippen LogP contribution is 2.42. The number of rotatable bonds is 5. The van der Waals surface area contributed by atoms with Crippen LogP contribution in [0.1, 0.15) is 16.7 Å². The quantitative estimate of drug-likeness (QED) is 0.445. The molecule has 1 aliphatic heterocycles. The Kier molecular flexibility index (Phi) is 5.90. The number of halogens is 1. The molecule has 0 saturated heterocycles. The van der Waals surface area contributed by atoms with Crippen molar-refractivity contribution in [2.75, 3.05) is 12.0 Å². The summed E-state index contributed by atoms with van der Waals surface area (Å²) in [6.45, 7) is 3.88. The average Bonchev–Trinajstić information content (AvgIpc) is 2.99. The first-order chi connectivity index (χ1) is 14.9. The number of anilines is 1. The number of carbonyl (C=O) groups is 2. The number of benzene rings is 3. The van der Waals surface area contributed by atoms with Crippen molar-refractivity contribution in [3.63, 3.8) is 0 Å². The van der Waals surface area contributed by atoms with Crippen molar-refractivity contribution in [1.29, 1.82) is 0 Å². The number of hydrogen-bond donors (Lipinski definition) is 0. The monoisotopic (exact) mass is 449 g/mol. The first kappa shape index (κ1) is 21.2. The van der Waals surface area contributed by atoms with Crippen molar-refractivity contribution in [2.45, 2.75) is 18.7 Å². The van der Waals surface area contributed by atoms with E-state index in [1.807, 2.05) is 44.2 Å². The predicted molar refractivity (Wildman–Crippen MR) is 126 cm³/mol. The van der Waals surface area contributed by atoms with Crippen LogP contribution in [-0.4, -0.2) is 18.9 Å². The molecule has 0 atom stereocenters. The standard InChI is InChI=1S/C25H20ClNO3S/c1-15-4-13-21(16(2)14-15)27-24(28)22(17-5-9-19(30-3)10-6-17)23(25(27)29)31-20-11-7-18(26)8-12-20/h4-14H,1-3H3. The Morgan fingerprint density at radius 2 is 1.55 bits per heavy atom. The van der Waals surface area contributed by atoms with E-state index in [0.29, 0.717) is 32.5 Å². The van der Waals surface area contributed by atoms with Gasteiger partial charge in [-0.15, -0.1) is 0 Å². The van der Waals surface area contributed by atoms with Crippen molar-refractivity contribution < 1.29 is 14.3 Å². The van der Waals surface area contributed by atoms with E-state index >= 15 is 0 Å². The van der Waals surface area contributed by atoms with Crippen LogP contribution >= 0.6 is 23.4 Å². The second-order valence-electron chi connectivity index (χ2n) is 7.22. The van der Waals surface area contributed by atoms with E-state index in [4.69, 9.17) is 16.3 Å². The van der Waals surface area contributed by atoms with E-state index in [2.05, 4.69) is 0 Å². The second-order valence-corrected chi connectivity index (χ2v) is 8.74. The second kappa shape index (κ2) is 8.61. The van der Waals surface area contributed by atoms with E-state index in [-0.39, 0.29) is 11.8 Å². The van der Waals surface area contributed by atoms with Crippen LogP contribution in [0.4, 0.5) is 5.69 Å². The van der Waals surface area contributed by atoms with Gasteiger partial charge < -0.3 is 4.74 Å². The third kappa shape index (κ3) is 4.11. The van der Waals surface area contributed by atoms with E-state index < -0.39 is 0 Å². The van der Waals surface area contributed by atoms with Crippen LogP contribution in [0.15, 0.2) is 76.5 Å². The van der Waals surface area contributed by atoms with Gasteiger partial charge >= 0.3 is 0 Å². The van der Waals surface area contributed by atoms with E-state index in [1.54, 1.807) is 43.5 Å². The van der Waals surface area contributed by atoms with E-state index in [0.717, 1.165) is 16.0 Å². The number of imide groups is 1. The molecule has 0 aliphatic carbocycles. The molecule has 4 rings (SSSR count). The molecule has 3 aromatic rings. The van der Waals surface area contributed by atoms with Gasteiger partial charge in [0.25, 0.3) is 11.8 Å². The number of hydrogen-bond acceptors (Lipinski definition) is 4. The lowest BCUT2D eigenvalue weighted by molar-refractivity contribution is -0.119. The topological polar surface area (TPSA) is 46.6 Å². The molecule has 1 aliphatic rings. The fourth-order valence-corrected chi connectivity index (χ4v) is 4.63. The van der Waals surface area contributed by atoms with Gasteiger partial charge in [-0.1, -0.05) is 53.2 Å². The summed E-state index contributed by atoms with van der Waals surface area (Å²) in [6.07, 6.45) is 0. The molecule has 0 saturated carbocycles. The van der Waals surface area contributed by atoms with Crippen LogP contribution in [0.3, 0.4) is 0 Å². The van der Waals surface area contributed by atoms with Crippen molar-refractivity contribution in [3.8, 4) is 5.75 Å². The molecular weight excluding hydrogens is 430 g/mol. The number of nitrogens with zero attached hydrogens (tertiary/aromatic N) is 1. The fourth-order valence-electron chi connectivity index (χ4n) is 3.51. The maximum Gasteiger partial charge on any atom is 0.272 e. The van der Waals surface area contributed by atoms with Crippen LogP contribution in [0, 0.1) is 13.8 Å². The summed E-state index contributed by atoms with van der Waals surface area (Å²) in [5.74, 6) is 0.0144. The molecule has 0 fully saturated rings. The summed E-state index contributed by atoms with van der Waals surface area (Å²) in [6, 6.07) is 20.1. The maximum absolute atomic E-state index is 13.5. The SMILES string of the molecule is COc1ccc(C2=C(Sc3ccc(Cl)cc3)C(=O)N(c3ccc(C)cc3C)C2=O)cc1. The smallest absolute Gasteiger partial charge is 0.272 e. The van der Waals surface area contributed by atoms with Crippen molar-refractivity contribution in [3.05, 3.63) is 93.3 Å². The molecule has 0 bridgehead atoms. The predicted octanol–water partition coefficient (Wildman–Crippen LogP) is 6.04. The number of thioether (sulfide) groups is 1. The molecule has 156 valence electrons. The lowest BCUT2D eigenvalue weighted by Gasteiger charge is -2.18. The van der Waals surface area contributed by atoms with Crippen molar-refractivity contribution >= 4 is 46.4 Å². The largest absolute Gasteiger partial charge is 0.497 e. The molecular formula is C25H20ClNO3S. The van der Waals surface area contributed by atoms with Gasteiger partial charge in [0.15, 0.2) is 0 Å². The first-order valence-electron chi connectivity index (χ1n) is 9.67. The molecule has 6 heteroatoms. The zero-order valence-electron chi connectivity index (χ0n) is 17.3. The van der Waals surface area contributed by atoms with Gasteiger partial charge in [0.2, 0.25) is 0 Å². The van der Waals surface area contributed by atoms with Gasteiger partial charge in [0.05, 0.1) is 23.3 Å². The van der Waals surface area contributed by atoms with Gasteiger partial charge in [-0.3, -0.25) is 9.59 Å². The number of carbonyl (C=O) groups excluding carboxylic acids is 2. The number of methoxy groups -OCH3 is 1. The fraction of sp³-hybridized carbons (Fsp3) is 0.120.